The number of hydrogen-bond donors (Lipinski definition) is 0. The van der Waals surface area contributed by atoms with Crippen molar-refractivity contribution < 1.29 is 9.53 Å². The summed E-state index contributed by atoms with van der Waals surface area (Å²) < 4.78 is 4.69. The summed E-state index contributed by atoms with van der Waals surface area (Å²) >= 11 is 0. The Bertz CT molecular complexity index is 481. The summed E-state index contributed by atoms with van der Waals surface area (Å²) in [5.74, 6) is -0.348. The number of benzene rings is 1. The van der Waals surface area contributed by atoms with E-state index < -0.39 is 0 Å². The highest BCUT2D eigenvalue weighted by molar-refractivity contribution is 5.89. The molecule has 0 amide bonds. The fourth-order valence-electron chi connectivity index (χ4n) is 1.89. The molecule has 3 nitrogen and oxygen atoms in total. The molecule has 1 aliphatic carbocycles. The van der Waals surface area contributed by atoms with E-state index in [1.807, 2.05) is 13.0 Å². The van der Waals surface area contributed by atoms with Crippen molar-refractivity contribution in [2.75, 3.05) is 7.11 Å². The smallest absolute Gasteiger partial charge is 0.337 e. The lowest BCUT2D eigenvalue weighted by atomic mass is 9.94. The van der Waals surface area contributed by atoms with Crippen molar-refractivity contribution in [3.8, 4) is 6.07 Å². The van der Waals surface area contributed by atoms with Gasteiger partial charge in [-0.1, -0.05) is 6.07 Å². The number of rotatable bonds is 2. The van der Waals surface area contributed by atoms with Crippen molar-refractivity contribution in [2.45, 2.75) is 25.2 Å². The average Bonchev–Trinajstić information content (AvgIpc) is 3.08. The van der Waals surface area contributed by atoms with E-state index in [0.29, 0.717) is 5.56 Å². The summed E-state index contributed by atoms with van der Waals surface area (Å²) in [6.07, 6.45) is 1.77. The zero-order chi connectivity index (χ0) is 11.8. The fraction of sp³-hybridized carbons (Fsp3) is 0.385. The number of nitrogens with zero attached hydrogens (tertiary/aromatic N) is 1. The zero-order valence-corrected chi connectivity index (χ0v) is 9.41. The first-order valence-corrected chi connectivity index (χ1v) is 5.23. The van der Waals surface area contributed by atoms with Crippen LogP contribution in [0.25, 0.3) is 0 Å². The van der Waals surface area contributed by atoms with E-state index in [2.05, 4.69) is 6.07 Å². The number of carbonyl (C=O) groups excluding carboxylic acids is 1. The first-order valence-electron chi connectivity index (χ1n) is 5.23. The van der Waals surface area contributed by atoms with E-state index in [1.165, 1.54) is 7.11 Å². The van der Waals surface area contributed by atoms with Gasteiger partial charge < -0.3 is 4.74 Å². The molecule has 0 spiro atoms. The largest absolute Gasteiger partial charge is 0.465 e. The highest BCUT2D eigenvalue weighted by Crippen LogP contribution is 2.47. The molecule has 2 rings (SSSR count). The van der Waals surface area contributed by atoms with Crippen molar-refractivity contribution in [2.24, 2.45) is 0 Å². The molecule has 0 N–H and O–H groups in total. The third-order valence-electron chi connectivity index (χ3n) is 3.02. The number of methoxy groups -OCH3 is 1. The van der Waals surface area contributed by atoms with Crippen LogP contribution in [0.4, 0.5) is 0 Å². The van der Waals surface area contributed by atoms with Crippen LogP contribution < -0.4 is 0 Å². The van der Waals surface area contributed by atoms with Gasteiger partial charge in [0.2, 0.25) is 0 Å². The Kier molecular flexibility index (Phi) is 2.43. The summed E-state index contributed by atoms with van der Waals surface area (Å²) in [5.41, 5.74) is 2.10. The Morgan fingerprint density at radius 2 is 2.12 bits per heavy atom. The normalized spacial score (nSPS) is 16.3. The Labute approximate surface area is 94.6 Å². The van der Waals surface area contributed by atoms with Gasteiger partial charge in [-0.05, 0) is 43.0 Å². The third kappa shape index (κ3) is 1.67. The van der Waals surface area contributed by atoms with Crippen LogP contribution >= 0.6 is 0 Å². The zero-order valence-electron chi connectivity index (χ0n) is 9.41. The minimum Gasteiger partial charge on any atom is -0.465 e. The van der Waals surface area contributed by atoms with E-state index in [-0.39, 0.29) is 11.4 Å². The summed E-state index contributed by atoms with van der Waals surface area (Å²) in [6, 6.07) is 7.86. The van der Waals surface area contributed by atoms with Gasteiger partial charge in [0.1, 0.15) is 0 Å². The van der Waals surface area contributed by atoms with Crippen LogP contribution in [-0.2, 0) is 10.2 Å². The van der Waals surface area contributed by atoms with Gasteiger partial charge in [0.15, 0.2) is 0 Å². The van der Waals surface area contributed by atoms with Crippen molar-refractivity contribution in [3.63, 3.8) is 0 Å². The monoisotopic (exact) mass is 215 g/mol. The molecular formula is C13H13NO2. The van der Waals surface area contributed by atoms with E-state index in [1.54, 1.807) is 12.1 Å². The minimum absolute atomic E-state index is 0.348. The van der Waals surface area contributed by atoms with Crippen LogP contribution in [0.2, 0.25) is 0 Å². The van der Waals surface area contributed by atoms with E-state index in [0.717, 1.165) is 24.0 Å². The lowest BCUT2D eigenvalue weighted by Gasteiger charge is -2.09. The Balaban J connectivity index is 2.45. The van der Waals surface area contributed by atoms with Gasteiger partial charge in [-0.15, -0.1) is 0 Å². The Morgan fingerprint density at radius 1 is 1.44 bits per heavy atom. The molecule has 0 radical (unpaired) electrons. The second-order valence-electron chi connectivity index (χ2n) is 4.27. The number of aryl methyl sites for hydroxylation is 1. The topological polar surface area (TPSA) is 50.1 Å². The SMILES string of the molecule is COC(=O)c1cc(C)cc(C2(C#N)CC2)c1. The maximum Gasteiger partial charge on any atom is 0.337 e. The van der Waals surface area contributed by atoms with E-state index in [9.17, 15) is 4.79 Å². The van der Waals surface area contributed by atoms with Crippen LogP contribution in [0, 0.1) is 18.3 Å². The summed E-state index contributed by atoms with van der Waals surface area (Å²) in [5, 5.41) is 9.12. The maximum atomic E-state index is 11.4. The van der Waals surface area contributed by atoms with Crippen molar-refractivity contribution in [3.05, 3.63) is 34.9 Å². The van der Waals surface area contributed by atoms with Gasteiger partial charge in [-0.3, -0.25) is 0 Å². The summed E-state index contributed by atoms with van der Waals surface area (Å²) in [6.45, 7) is 1.92. The Morgan fingerprint density at radius 3 is 2.62 bits per heavy atom. The highest BCUT2D eigenvalue weighted by Gasteiger charge is 2.45. The predicted octanol–water partition coefficient (Wildman–Crippen LogP) is 2.34. The number of carbonyl (C=O) groups is 1. The second kappa shape index (κ2) is 3.64. The molecule has 1 fully saturated rings. The number of nitriles is 1. The number of hydrogen-bond acceptors (Lipinski definition) is 3. The fourth-order valence-corrected chi connectivity index (χ4v) is 1.89. The number of ether oxygens (including phenoxy) is 1. The van der Waals surface area contributed by atoms with Gasteiger partial charge in [0.25, 0.3) is 0 Å². The van der Waals surface area contributed by atoms with Crippen LogP contribution in [-0.4, -0.2) is 13.1 Å². The molecule has 16 heavy (non-hydrogen) atoms. The molecule has 1 aliphatic rings. The van der Waals surface area contributed by atoms with Crippen molar-refractivity contribution in [1.82, 2.24) is 0 Å². The maximum absolute atomic E-state index is 11.4. The molecule has 3 heteroatoms. The van der Waals surface area contributed by atoms with Crippen LogP contribution in [0.3, 0.4) is 0 Å². The van der Waals surface area contributed by atoms with Gasteiger partial charge in [0, 0.05) is 0 Å². The van der Waals surface area contributed by atoms with Crippen molar-refractivity contribution >= 4 is 5.97 Å². The van der Waals surface area contributed by atoms with Crippen molar-refractivity contribution in [1.29, 1.82) is 5.26 Å². The molecule has 1 aromatic carbocycles. The molecule has 0 heterocycles. The predicted molar refractivity (Wildman–Crippen MR) is 59.0 cm³/mol. The molecule has 0 aromatic heterocycles. The standard InChI is InChI=1S/C13H13NO2/c1-9-5-10(12(15)16-2)7-11(6-9)13(8-14)3-4-13/h5-7H,3-4H2,1-2H3. The summed E-state index contributed by atoms with van der Waals surface area (Å²) in [4.78, 5) is 11.4. The first kappa shape index (κ1) is 10.7. The highest BCUT2D eigenvalue weighted by atomic mass is 16.5. The molecule has 0 bridgehead atoms. The van der Waals surface area contributed by atoms with Gasteiger partial charge in [-0.25, -0.2) is 4.79 Å². The van der Waals surface area contributed by atoms with Crippen LogP contribution in [0.15, 0.2) is 18.2 Å². The van der Waals surface area contributed by atoms with Gasteiger partial charge >= 0.3 is 5.97 Å². The molecule has 0 saturated heterocycles. The molecule has 82 valence electrons. The van der Waals surface area contributed by atoms with Crippen LogP contribution in [0.5, 0.6) is 0 Å². The lowest BCUT2D eigenvalue weighted by molar-refractivity contribution is 0.0600. The van der Waals surface area contributed by atoms with Gasteiger partial charge in [0.05, 0.1) is 24.2 Å². The third-order valence-corrected chi connectivity index (χ3v) is 3.02. The molecular weight excluding hydrogens is 202 g/mol. The molecule has 0 unspecified atom stereocenters. The second-order valence-corrected chi connectivity index (χ2v) is 4.27. The molecule has 0 atom stereocenters. The van der Waals surface area contributed by atoms with E-state index >= 15 is 0 Å². The Hall–Kier alpha value is -1.82. The van der Waals surface area contributed by atoms with Crippen LogP contribution in [0.1, 0.15) is 34.3 Å². The molecule has 0 aliphatic heterocycles. The quantitative estimate of drug-likeness (QED) is 0.711. The van der Waals surface area contributed by atoms with Gasteiger partial charge in [-0.2, -0.15) is 5.26 Å². The first-order chi connectivity index (χ1) is 7.61. The average molecular weight is 215 g/mol. The molecule has 1 saturated carbocycles. The minimum atomic E-state index is -0.352. The molecule has 1 aromatic rings. The number of esters is 1. The lowest BCUT2D eigenvalue weighted by Crippen LogP contribution is -2.07. The summed E-state index contributed by atoms with van der Waals surface area (Å²) in [7, 11) is 1.36. The van der Waals surface area contributed by atoms with E-state index in [4.69, 9.17) is 10.00 Å².